The predicted octanol–water partition coefficient (Wildman–Crippen LogP) is 3.00. The molecule has 110 valence electrons. The molecule has 2 rings (SSSR count). The van der Waals surface area contributed by atoms with Crippen molar-refractivity contribution in [2.75, 3.05) is 43.4 Å². The van der Waals surface area contributed by atoms with Crippen molar-refractivity contribution in [3.8, 4) is 0 Å². The highest BCUT2D eigenvalue weighted by Crippen LogP contribution is 2.30. The summed E-state index contributed by atoms with van der Waals surface area (Å²) in [7, 11) is 0. The lowest BCUT2D eigenvalue weighted by atomic mass is 10.2. The van der Waals surface area contributed by atoms with Crippen LogP contribution in [-0.4, -0.2) is 43.5 Å². The highest BCUT2D eigenvalue weighted by Gasteiger charge is 2.18. The molecule has 0 unspecified atom stereocenters. The van der Waals surface area contributed by atoms with Gasteiger partial charge in [0, 0.05) is 37.6 Å². The molecule has 0 radical (unpaired) electrons. The molecule has 0 bridgehead atoms. The van der Waals surface area contributed by atoms with Crippen LogP contribution in [0.4, 0.5) is 5.69 Å². The van der Waals surface area contributed by atoms with Gasteiger partial charge in [-0.15, -0.1) is 18.3 Å². The molecule has 4 heteroatoms. The third-order valence-electron chi connectivity index (χ3n) is 3.41. The number of benzene rings is 1. The Morgan fingerprint density at radius 3 is 2.70 bits per heavy atom. The minimum atomic E-state index is 0.850. The Bertz CT molecular complexity index is 414. The van der Waals surface area contributed by atoms with Crippen molar-refractivity contribution in [1.29, 1.82) is 0 Å². The van der Waals surface area contributed by atoms with Crippen LogP contribution in [0.5, 0.6) is 0 Å². The smallest absolute Gasteiger partial charge is 0.0505 e. The van der Waals surface area contributed by atoms with E-state index in [1.54, 1.807) is 0 Å². The number of piperazine rings is 1. The summed E-state index contributed by atoms with van der Waals surface area (Å²) < 4.78 is 0. The van der Waals surface area contributed by atoms with E-state index in [9.17, 15) is 0 Å². The van der Waals surface area contributed by atoms with E-state index in [1.807, 2.05) is 17.8 Å². The van der Waals surface area contributed by atoms with Crippen LogP contribution in [-0.2, 0) is 0 Å². The molecule has 1 saturated heterocycles. The van der Waals surface area contributed by atoms with Gasteiger partial charge in [-0.2, -0.15) is 0 Å². The second-order valence-electron chi connectivity index (χ2n) is 4.94. The van der Waals surface area contributed by atoms with Gasteiger partial charge < -0.3 is 4.90 Å². The summed E-state index contributed by atoms with van der Waals surface area (Å²) in [6.07, 6.45) is 3.13. The van der Waals surface area contributed by atoms with Crippen LogP contribution in [0.25, 0.3) is 0 Å². The fourth-order valence-corrected chi connectivity index (χ4v) is 3.30. The second kappa shape index (κ2) is 8.35. The van der Waals surface area contributed by atoms with Crippen LogP contribution < -0.4 is 10.3 Å². The fourth-order valence-electron chi connectivity index (χ4n) is 2.35. The van der Waals surface area contributed by atoms with Crippen LogP contribution in [0, 0.1) is 0 Å². The highest BCUT2D eigenvalue weighted by atomic mass is 32.2. The summed E-state index contributed by atoms with van der Waals surface area (Å²) >= 11 is 1.97. The molecule has 1 fully saturated rings. The molecular weight excluding hydrogens is 266 g/mol. The topological polar surface area (TPSA) is 18.5 Å². The first-order valence-electron chi connectivity index (χ1n) is 7.41. The number of thioether (sulfide) groups is 1. The zero-order valence-electron chi connectivity index (χ0n) is 12.3. The van der Waals surface area contributed by atoms with E-state index in [1.165, 1.54) is 22.8 Å². The maximum atomic E-state index is 3.75. The molecule has 20 heavy (non-hydrogen) atoms. The van der Waals surface area contributed by atoms with E-state index in [0.717, 1.165) is 32.7 Å². The Hall–Kier alpha value is -0.970. The molecule has 1 aliphatic heterocycles. The Labute approximate surface area is 127 Å². The fraction of sp³-hybridized carbons (Fsp3) is 0.500. The van der Waals surface area contributed by atoms with Gasteiger partial charge in [-0.25, -0.2) is 5.01 Å². The Morgan fingerprint density at radius 1 is 1.25 bits per heavy atom. The van der Waals surface area contributed by atoms with Gasteiger partial charge in [-0.05, 0) is 24.3 Å². The zero-order chi connectivity index (χ0) is 14.2. The average molecular weight is 291 g/mol. The Morgan fingerprint density at radius 2 is 2.00 bits per heavy atom. The average Bonchev–Trinajstić information content (AvgIpc) is 2.52. The van der Waals surface area contributed by atoms with Gasteiger partial charge in [0.15, 0.2) is 0 Å². The molecule has 1 aliphatic rings. The van der Waals surface area contributed by atoms with Crippen molar-refractivity contribution in [3.63, 3.8) is 0 Å². The molecule has 0 aliphatic carbocycles. The SMILES string of the molecule is C=CCNN1CCN(c2ccccc2SCCC)CC1. The number of nitrogens with zero attached hydrogens (tertiary/aromatic N) is 2. The first-order valence-corrected chi connectivity index (χ1v) is 8.40. The standard InChI is InChI=1S/C16H25N3S/c1-3-9-17-19-12-10-18(11-13-19)15-7-5-6-8-16(15)20-14-4-2/h3,5-8,17H,1,4,9-14H2,2H3. The first-order chi connectivity index (χ1) is 9.85. The third kappa shape index (κ3) is 4.27. The monoisotopic (exact) mass is 291 g/mol. The van der Waals surface area contributed by atoms with Gasteiger partial charge in [0.05, 0.1) is 5.69 Å². The highest BCUT2D eigenvalue weighted by molar-refractivity contribution is 7.99. The number of hydrogen-bond acceptors (Lipinski definition) is 4. The first kappa shape index (κ1) is 15.4. The van der Waals surface area contributed by atoms with Gasteiger partial charge in [0.1, 0.15) is 0 Å². The summed E-state index contributed by atoms with van der Waals surface area (Å²) in [5, 5.41) is 2.29. The minimum absolute atomic E-state index is 0.850. The van der Waals surface area contributed by atoms with Crippen LogP contribution in [0.2, 0.25) is 0 Å². The molecule has 3 nitrogen and oxygen atoms in total. The quantitative estimate of drug-likeness (QED) is 0.614. The van der Waals surface area contributed by atoms with E-state index in [0.29, 0.717) is 0 Å². The van der Waals surface area contributed by atoms with Gasteiger partial charge in [-0.3, -0.25) is 5.43 Å². The number of hydrazine groups is 1. The van der Waals surface area contributed by atoms with Crippen molar-refractivity contribution in [2.24, 2.45) is 0 Å². The van der Waals surface area contributed by atoms with E-state index in [2.05, 4.69) is 53.1 Å². The number of para-hydroxylation sites is 1. The molecule has 1 heterocycles. The summed E-state index contributed by atoms with van der Waals surface area (Å²) in [5.74, 6) is 1.19. The molecule has 0 saturated carbocycles. The van der Waals surface area contributed by atoms with Crippen molar-refractivity contribution >= 4 is 17.4 Å². The largest absolute Gasteiger partial charge is 0.368 e. The molecule has 1 aromatic carbocycles. The maximum Gasteiger partial charge on any atom is 0.0505 e. The van der Waals surface area contributed by atoms with E-state index in [-0.39, 0.29) is 0 Å². The predicted molar refractivity (Wildman–Crippen MR) is 89.4 cm³/mol. The van der Waals surface area contributed by atoms with Crippen LogP contribution in [0.1, 0.15) is 13.3 Å². The van der Waals surface area contributed by atoms with E-state index in [4.69, 9.17) is 0 Å². The summed E-state index contributed by atoms with van der Waals surface area (Å²) in [5.41, 5.74) is 4.77. The minimum Gasteiger partial charge on any atom is -0.368 e. The summed E-state index contributed by atoms with van der Waals surface area (Å²) in [6.45, 7) is 11.1. The molecule has 0 amide bonds. The van der Waals surface area contributed by atoms with E-state index >= 15 is 0 Å². The second-order valence-corrected chi connectivity index (χ2v) is 6.08. The molecule has 1 N–H and O–H groups in total. The van der Waals surface area contributed by atoms with Crippen LogP contribution in [0.15, 0.2) is 41.8 Å². The lowest BCUT2D eigenvalue weighted by Crippen LogP contribution is -2.52. The maximum absolute atomic E-state index is 3.75. The molecule has 1 aromatic rings. The molecule has 0 aromatic heterocycles. The summed E-state index contributed by atoms with van der Waals surface area (Å²) in [4.78, 5) is 3.92. The molecule has 0 spiro atoms. The van der Waals surface area contributed by atoms with Crippen LogP contribution >= 0.6 is 11.8 Å². The number of rotatable bonds is 7. The molecular formula is C16H25N3S. The van der Waals surface area contributed by atoms with Gasteiger partial charge >= 0.3 is 0 Å². The van der Waals surface area contributed by atoms with Gasteiger partial charge in [0.25, 0.3) is 0 Å². The molecule has 0 atom stereocenters. The normalized spacial score (nSPS) is 16.4. The van der Waals surface area contributed by atoms with Crippen LogP contribution in [0.3, 0.4) is 0 Å². The Kier molecular flexibility index (Phi) is 6.43. The van der Waals surface area contributed by atoms with Gasteiger partial charge in [0.2, 0.25) is 0 Å². The van der Waals surface area contributed by atoms with Gasteiger partial charge in [-0.1, -0.05) is 25.1 Å². The van der Waals surface area contributed by atoms with Crippen molar-refractivity contribution in [1.82, 2.24) is 10.4 Å². The lowest BCUT2D eigenvalue weighted by molar-refractivity contribution is 0.185. The Balaban J connectivity index is 1.94. The van der Waals surface area contributed by atoms with Crippen molar-refractivity contribution in [2.45, 2.75) is 18.2 Å². The number of anilines is 1. The number of nitrogens with one attached hydrogen (secondary N) is 1. The zero-order valence-corrected chi connectivity index (χ0v) is 13.2. The van der Waals surface area contributed by atoms with Crippen molar-refractivity contribution in [3.05, 3.63) is 36.9 Å². The summed E-state index contributed by atoms with van der Waals surface area (Å²) in [6, 6.07) is 8.79. The van der Waals surface area contributed by atoms with E-state index < -0.39 is 0 Å². The number of hydrogen-bond donors (Lipinski definition) is 1. The lowest BCUT2D eigenvalue weighted by Gasteiger charge is -2.36. The third-order valence-corrected chi connectivity index (χ3v) is 4.68. The van der Waals surface area contributed by atoms with Crippen molar-refractivity contribution < 1.29 is 0 Å².